The molecule has 0 unspecified atom stereocenters. The summed E-state index contributed by atoms with van der Waals surface area (Å²) in [4.78, 5) is 13.3. The van der Waals surface area contributed by atoms with Gasteiger partial charge in [0, 0.05) is 20.1 Å². The van der Waals surface area contributed by atoms with Gasteiger partial charge in [-0.25, -0.2) is 0 Å². The molecule has 3 heteroatoms. The van der Waals surface area contributed by atoms with Gasteiger partial charge in [0.1, 0.15) is 0 Å². The highest BCUT2D eigenvalue weighted by molar-refractivity contribution is 5.77. The number of carbonyl (C=O) groups excluding carboxylic acids is 1. The maximum absolute atomic E-state index is 11.5. The second kappa shape index (κ2) is 5.50. The Balaban J connectivity index is 2.18. The van der Waals surface area contributed by atoms with Crippen LogP contribution < -0.4 is 5.32 Å². The molecule has 1 amide bonds. The van der Waals surface area contributed by atoms with Crippen LogP contribution >= 0.6 is 0 Å². The number of amides is 1. The third-order valence-electron chi connectivity index (χ3n) is 3.84. The molecule has 0 radical (unpaired) electrons. The van der Waals surface area contributed by atoms with E-state index in [1.807, 2.05) is 14.0 Å². The van der Waals surface area contributed by atoms with Gasteiger partial charge in [-0.05, 0) is 31.6 Å². The molecule has 0 atom stereocenters. The van der Waals surface area contributed by atoms with Crippen LogP contribution in [0, 0.1) is 5.41 Å². The van der Waals surface area contributed by atoms with Crippen LogP contribution in [0.2, 0.25) is 0 Å². The fraction of sp³-hybridized carbons (Fsp3) is 0.917. The summed E-state index contributed by atoms with van der Waals surface area (Å²) in [5.41, 5.74) is 0.505. The summed E-state index contributed by atoms with van der Waals surface area (Å²) < 4.78 is 0. The fourth-order valence-corrected chi connectivity index (χ4v) is 2.08. The molecule has 15 heavy (non-hydrogen) atoms. The molecule has 1 N–H and O–H groups in total. The van der Waals surface area contributed by atoms with Crippen LogP contribution in [0.4, 0.5) is 0 Å². The van der Waals surface area contributed by atoms with E-state index in [-0.39, 0.29) is 5.91 Å². The van der Waals surface area contributed by atoms with Crippen molar-refractivity contribution in [1.82, 2.24) is 10.2 Å². The molecule has 0 saturated heterocycles. The van der Waals surface area contributed by atoms with Crippen LogP contribution in [0.1, 0.15) is 39.5 Å². The van der Waals surface area contributed by atoms with E-state index in [9.17, 15) is 4.79 Å². The first-order valence-electron chi connectivity index (χ1n) is 6.08. The molecule has 88 valence electrons. The average molecular weight is 212 g/mol. The SMILES string of the molecule is CCN(C)C(=O)CNCC1(CC)CCC1. The van der Waals surface area contributed by atoms with Gasteiger partial charge in [0.25, 0.3) is 0 Å². The second-order valence-electron chi connectivity index (χ2n) is 4.72. The zero-order valence-corrected chi connectivity index (χ0v) is 10.3. The van der Waals surface area contributed by atoms with Crippen molar-refractivity contribution in [1.29, 1.82) is 0 Å². The Morgan fingerprint density at radius 1 is 1.40 bits per heavy atom. The molecule has 1 rings (SSSR count). The van der Waals surface area contributed by atoms with Gasteiger partial charge in [-0.3, -0.25) is 4.79 Å². The fourth-order valence-electron chi connectivity index (χ4n) is 2.08. The van der Waals surface area contributed by atoms with Crippen molar-refractivity contribution < 1.29 is 4.79 Å². The predicted molar refractivity (Wildman–Crippen MR) is 62.8 cm³/mol. The summed E-state index contributed by atoms with van der Waals surface area (Å²) in [6.07, 6.45) is 5.25. The third kappa shape index (κ3) is 3.20. The zero-order valence-electron chi connectivity index (χ0n) is 10.3. The number of nitrogens with one attached hydrogen (secondary N) is 1. The molecule has 0 aromatic carbocycles. The molecule has 3 nitrogen and oxygen atoms in total. The number of hydrogen-bond donors (Lipinski definition) is 1. The lowest BCUT2D eigenvalue weighted by Crippen LogP contribution is -2.43. The minimum Gasteiger partial charge on any atom is -0.345 e. The molecule has 0 aromatic heterocycles. The minimum atomic E-state index is 0.197. The summed E-state index contributed by atoms with van der Waals surface area (Å²) in [6.45, 7) is 6.54. The lowest BCUT2D eigenvalue weighted by Gasteiger charge is -2.41. The number of hydrogen-bond acceptors (Lipinski definition) is 2. The first-order valence-corrected chi connectivity index (χ1v) is 6.08. The van der Waals surface area contributed by atoms with Crippen LogP contribution in [-0.2, 0) is 4.79 Å². The van der Waals surface area contributed by atoms with Gasteiger partial charge in [0.05, 0.1) is 6.54 Å². The van der Waals surface area contributed by atoms with Gasteiger partial charge in [-0.15, -0.1) is 0 Å². The van der Waals surface area contributed by atoms with Gasteiger partial charge in [0.15, 0.2) is 0 Å². The van der Waals surface area contributed by atoms with Crippen molar-refractivity contribution in [3.8, 4) is 0 Å². The van der Waals surface area contributed by atoms with Crippen LogP contribution in [0.25, 0.3) is 0 Å². The topological polar surface area (TPSA) is 32.3 Å². The van der Waals surface area contributed by atoms with Crippen LogP contribution in [0.3, 0.4) is 0 Å². The van der Waals surface area contributed by atoms with E-state index in [0.717, 1.165) is 13.1 Å². The summed E-state index contributed by atoms with van der Waals surface area (Å²) in [5, 5.41) is 3.30. The normalized spacial score (nSPS) is 18.3. The van der Waals surface area contributed by atoms with Crippen molar-refractivity contribution in [2.24, 2.45) is 5.41 Å². The first kappa shape index (κ1) is 12.5. The van der Waals surface area contributed by atoms with Crippen molar-refractivity contribution in [2.45, 2.75) is 39.5 Å². The molecule has 0 spiro atoms. The monoisotopic (exact) mass is 212 g/mol. The first-order chi connectivity index (χ1) is 7.13. The van der Waals surface area contributed by atoms with Gasteiger partial charge in [0.2, 0.25) is 5.91 Å². The Labute approximate surface area is 93.2 Å². The van der Waals surface area contributed by atoms with Gasteiger partial charge in [-0.2, -0.15) is 0 Å². The number of likely N-dealkylation sites (N-methyl/N-ethyl adjacent to an activating group) is 1. The van der Waals surface area contributed by atoms with E-state index in [2.05, 4.69) is 12.2 Å². The molecular formula is C12H24N2O. The van der Waals surface area contributed by atoms with E-state index < -0.39 is 0 Å². The van der Waals surface area contributed by atoms with Crippen LogP contribution in [0.15, 0.2) is 0 Å². The van der Waals surface area contributed by atoms with Crippen LogP contribution in [0.5, 0.6) is 0 Å². The lowest BCUT2D eigenvalue weighted by molar-refractivity contribution is -0.128. The van der Waals surface area contributed by atoms with E-state index in [1.165, 1.54) is 25.7 Å². The van der Waals surface area contributed by atoms with Crippen LogP contribution in [-0.4, -0.2) is 37.5 Å². The number of nitrogens with zero attached hydrogens (tertiary/aromatic N) is 1. The van der Waals surface area contributed by atoms with Crippen molar-refractivity contribution >= 4 is 5.91 Å². The second-order valence-corrected chi connectivity index (χ2v) is 4.72. The Kier molecular flexibility index (Phi) is 4.58. The Morgan fingerprint density at radius 2 is 2.07 bits per heavy atom. The van der Waals surface area contributed by atoms with E-state index in [1.54, 1.807) is 4.90 Å². The zero-order chi connectivity index (χ0) is 11.3. The third-order valence-corrected chi connectivity index (χ3v) is 3.84. The quantitative estimate of drug-likeness (QED) is 0.726. The maximum Gasteiger partial charge on any atom is 0.236 e. The average Bonchev–Trinajstić information content (AvgIpc) is 2.20. The summed E-state index contributed by atoms with van der Waals surface area (Å²) in [7, 11) is 1.85. The van der Waals surface area contributed by atoms with E-state index >= 15 is 0 Å². The summed E-state index contributed by atoms with van der Waals surface area (Å²) >= 11 is 0. The van der Waals surface area contributed by atoms with Gasteiger partial charge >= 0.3 is 0 Å². The molecule has 0 heterocycles. The largest absolute Gasteiger partial charge is 0.345 e. The minimum absolute atomic E-state index is 0.197. The van der Waals surface area contributed by atoms with Gasteiger partial charge in [-0.1, -0.05) is 13.3 Å². The van der Waals surface area contributed by atoms with Crippen molar-refractivity contribution in [3.05, 3.63) is 0 Å². The smallest absolute Gasteiger partial charge is 0.236 e. The standard InChI is InChI=1S/C12H24N2O/c1-4-12(7-6-8-12)10-13-9-11(15)14(3)5-2/h13H,4-10H2,1-3H3. The highest BCUT2D eigenvalue weighted by Gasteiger charge is 2.34. The Bertz CT molecular complexity index is 206. The number of carbonyl (C=O) groups is 1. The molecule has 0 bridgehead atoms. The molecule has 1 aliphatic rings. The molecule has 1 aliphatic carbocycles. The molecule has 1 saturated carbocycles. The van der Waals surface area contributed by atoms with Gasteiger partial charge < -0.3 is 10.2 Å². The van der Waals surface area contributed by atoms with E-state index in [0.29, 0.717) is 12.0 Å². The van der Waals surface area contributed by atoms with Crippen molar-refractivity contribution in [3.63, 3.8) is 0 Å². The molecular weight excluding hydrogens is 188 g/mol. The predicted octanol–water partition coefficient (Wildman–Crippen LogP) is 1.63. The summed E-state index contributed by atoms with van der Waals surface area (Å²) in [6, 6.07) is 0. The Morgan fingerprint density at radius 3 is 2.47 bits per heavy atom. The summed E-state index contributed by atoms with van der Waals surface area (Å²) in [5.74, 6) is 0.197. The highest BCUT2D eigenvalue weighted by atomic mass is 16.2. The molecule has 0 aliphatic heterocycles. The number of rotatable bonds is 6. The highest BCUT2D eigenvalue weighted by Crippen LogP contribution is 2.42. The van der Waals surface area contributed by atoms with Crippen molar-refractivity contribution in [2.75, 3.05) is 26.7 Å². The molecule has 1 fully saturated rings. The Hall–Kier alpha value is -0.570. The maximum atomic E-state index is 11.5. The van der Waals surface area contributed by atoms with E-state index in [4.69, 9.17) is 0 Å². The molecule has 0 aromatic rings. The lowest BCUT2D eigenvalue weighted by atomic mass is 9.67.